The Morgan fingerprint density at radius 2 is 1.75 bits per heavy atom. The molecular weight excluding hydrogens is 179 g/mol. The van der Waals surface area contributed by atoms with Gasteiger partial charge in [-0.2, -0.15) is 0 Å². The fourth-order valence-electron chi connectivity index (χ4n) is 1.79. The summed E-state index contributed by atoms with van der Waals surface area (Å²) in [4.78, 5) is 10.5. The van der Waals surface area contributed by atoms with E-state index in [2.05, 4.69) is 0 Å². The van der Waals surface area contributed by atoms with Gasteiger partial charge < -0.3 is 0 Å². The molecule has 0 bridgehead atoms. The van der Waals surface area contributed by atoms with Crippen LogP contribution >= 0.6 is 11.6 Å². The lowest BCUT2D eigenvalue weighted by molar-refractivity contribution is -0.117. The molecule has 0 saturated heterocycles. The summed E-state index contributed by atoms with van der Waals surface area (Å²) in [7, 11) is 0. The predicted octanol–water partition coefficient (Wildman–Crippen LogP) is 3.06. The van der Waals surface area contributed by atoms with E-state index in [1.165, 1.54) is 12.8 Å². The molecule has 0 aliphatic heterocycles. The molecule has 1 atom stereocenters. The maximum Gasteiger partial charge on any atom is 0.256 e. The zero-order valence-electron chi connectivity index (χ0n) is 7.06. The van der Waals surface area contributed by atoms with Crippen molar-refractivity contribution in [1.29, 1.82) is 0 Å². The van der Waals surface area contributed by atoms with E-state index in [-0.39, 0.29) is 5.92 Å². The van der Waals surface area contributed by atoms with Gasteiger partial charge in [-0.1, -0.05) is 25.7 Å². The highest BCUT2D eigenvalue weighted by Gasteiger charge is 2.26. The van der Waals surface area contributed by atoms with Gasteiger partial charge in [-0.15, -0.1) is 0 Å². The molecule has 0 aromatic heterocycles. The first-order valence-corrected chi connectivity index (χ1v) is 4.93. The highest BCUT2D eigenvalue weighted by Crippen LogP contribution is 2.27. The van der Waals surface area contributed by atoms with Crippen LogP contribution in [0, 0.1) is 5.92 Å². The van der Waals surface area contributed by atoms with Crippen molar-refractivity contribution in [3.8, 4) is 0 Å². The average Bonchev–Trinajstić information content (AvgIpc) is 2.30. The van der Waals surface area contributed by atoms with Crippen molar-refractivity contribution >= 4 is 16.8 Å². The Bertz CT molecular complexity index is 153. The lowest BCUT2D eigenvalue weighted by atomic mass is 9.96. The molecular formula is C9H14ClFO. The largest absolute Gasteiger partial charge is 0.278 e. The third-order valence-corrected chi connectivity index (χ3v) is 2.74. The maximum atomic E-state index is 13.1. The molecule has 1 saturated carbocycles. The minimum Gasteiger partial charge on any atom is -0.278 e. The van der Waals surface area contributed by atoms with E-state index in [0.717, 1.165) is 25.7 Å². The van der Waals surface area contributed by atoms with Gasteiger partial charge in [-0.05, 0) is 30.4 Å². The summed E-state index contributed by atoms with van der Waals surface area (Å²) >= 11 is 5.10. The third kappa shape index (κ3) is 2.74. The van der Waals surface area contributed by atoms with Crippen LogP contribution in [0.2, 0.25) is 0 Å². The van der Waals surface area contributed by atoms with Crippen molar-refractivity contribution in [2.24, 2.45) is 5.92 Å². The van der Waals surface area contributed by atoms with Gasteiger partial charge in [0.15, 0.2) is 6.17 Å². The second-order valence-corrected chi connectivity index (χ2v) is 3.83. The molecule has 0 N–H and O–H groups in total. The molecule has 1 nitrogen and oxygen atoms in total. The van der Waals surface area contributed by atoms with Gasteiger partial charge in [0.25, 0.3) is 5.24 Å². The van der Waals surface area contributed by atoms with Crippen LogP contribution in [0.1, 0.15) is 38.5 Å². The minimum absolute atomic E-state index is 0.113. The van der Waals surface area contributed by atoms with Gasteiger partial charge in [-0.25, -0.2) is 4.39 Å². The molecule has 0 radical (unpaired) electrons. The molecule has 1 fully saturated rings. The van der Waals surface area contributed by atoms with E-state index >= 15 is 0 Å². The second-order valence-electron chi connectivity index (χ2n) is 3.46. The molecule has 1 aliphatic rings. The summed E-state index contributed by atoms with van der Waals surface area (Å²) in [5.41, 5.74) is 0. The van der Waals surface area contributed by atoms with Crippen LogP contribution in [0.5, 0.6) is 0 Å². The molecule has 70 valence electrons. The van der Waals surface area contributed by atoms with Crippen molar-refractivity contribution < 1.29 is 9.18 Å². The molecule has 1 aliphatic carbocycles. The number of halogens is 2. The highest BCUT2D eigenvalue weighted by atomic mass is 35.5. The first-order chi connectivity index (χ1) is 5.72. The van der Waals surface area contributed by atoms with E-state index in [0.29, 0.717) is 0 Å². The number of carbonyl (C=O) groups excluding carboxylic acids is 1. The summed E-state index contributed by atoms with van der Waals surface area (Å²) in [6, 6.07) is 0. The van der Waals surface area contributed by atoms with Crippen molar-refractivity contribution in [2.75, 3.05) is 0 Å². The van der Waals surface area contributed by atoms with Crippen LogP contribution in [0.3, 0.4) is 0 Å². The van der Waals surface area contributed by atoms with Crippen LogP contribution in [-0.2, 0) is 4.79 Å². The van der Waals surface area contributed by atoms with Crippen molar-refractivity contribution in [3.05, 3.63) is 0 Å². The Morgan fingerprint density at radius 3 is 2.17 bits per heavy atom. The zero-order chi connectivity index (χ0) is 8.97. The summed E-state index contributed by atoms with van der Waals surface area (Å²) < 4.78 is 13.1. The standard InChI is InChI=1S/C9H14ClFO/c10-9(12)8(11)7-5-3-1-2-4-6-7/h7-8H,1-6H2. The smallest absolute Gasteiger partial charge is 0.256 e. The Morgan fingerprint density at radius 1 is 1.25 bits per heavy atom. The topological polar surface area (TPSA) is 17.1 Å². The fourth-order valence-corrected chi connectivity index (χ4v) is 1.97. The second kappa shape index (κ2) is 4.80. The monoisotopic (exact) mass is 192 g/mol. The zero-order valence-corrected chi connectivity index (χ0v) is 7.82. The number of alkyl halides is 1. The van der Waals surface area contributed by atoms with Crippen LogP contribution in [0.15, 0.2) is 0 Å². The number of hydrogen-bond donors (Lipinski definition) is 0. The Labute approximate surface area is 77.3 Å². The maximum absolute atomic E-state index is 13.1. The van der Waals surface area contributed by atoms with Crippen molar-refractivity contribution in [1.82, 2.24) is 0 Å². The van der Waals surface area contributed by atoms with E-state index < -0.39 is 11.4 Å². The first kappa shape index (κ1) is 9.97. The minimum atomic E-state index is -1.43. The molecule has 0 aromatic carbocycles. The Hall–Kier alpha value is -0.110. The van der Waals surface area contributed by atoms with Gasteiger partial charge in [-0.3, -0.25) is 4.79 Å². The molecule has 1 rings (SSSR count). The lowest BCUT2D eigenvalue weighted by Gasteiger charge is -2.14. The first-order valence-electron chi connectivity index (χ1n) is 4.55. The SMILES string of the molecule is O=C(Cl)C(F)C1CCCCCC1. The molecule has 12 heavy (non-hydrogen) atoms. The van der Waals surface area contributed by atoms with Gasteiger partial charge in [0.1, 0.15) is 0 Å². The van der Waals surface area contributed by atoms with Crippen LogP contribution in [0.4, 0.5) is 4.39 Å². The van der Waals surface area contributed by atoms with Crippen LogP contribution in [0.25, 0.3) is 0 Å². The highest BCUT2D eigenvalue weighted by molar-refractivity contribution is 6.64. The summed E-state index contributed by atoms with van der Waals surface area (Å²) in [6.07, 6.45) is 4.62. The van der Waals surface area contributed by atoms with E-state index in [9.17, 15) is 9.18 Å². The van der Waals surface area contributed by atoms with E-state index in [1.54, 1.807) is 0 Å². The molecule has 0 spiro atoms. The van der Waals surface area contributed by atoms with Gasteiger partial charge in [0, 0.05) is 0 Å². The average molecular weight is 193 g/mol. The third-order valence-electron chi connectivity index (χ3n) is 2.53. The summed E-state index contributed by atoms with van der Waals surface area (Å²) in [6.45, 7) is 0. The quantitative estimate of drug-likeness (QED) is 0.486. The molecule has 0 aromatic rings. The lowest BCUT2D eigenvalue weighted by Crippen LogP contribution is -2.21. The molecule has 1 unspecified atom stereocenters. The molecule has 3 heteroatoms. The molecule has 0 heterocycles. The molecule has 0 amide bonds. The van der Waals surface area contributed by atoms with Gasteiger partial charge in [0.05, 0.1) is 0 Å². The normalized spacial score (nSPS) is 23.2. The Balaban J connectivity index is 2.42. The van der Waals surface area contributed by atoms with Crippen LogP contribution in [-0.4, -0.2) is 11.4 Å². The summed E-state index contributed by atoms with van der Waals surface area (Å²) in [5.74, 6) is -0.113. The number of carbonyl (C=O) groups is 1. The van der Waals surface area contributed by atoms with E-state index in [1.807, 2.05) is 0 Å². The number of hydrogen-bond acceptors (Lipinski definition) is 1. The number of rotatable bonds is 2. The van der Waals surface area contributed by atoms with Gasteiger partial charge in [0.2, 0.25) is 0 Å². The van der Waals surface area contributed by atoms with Crippen molar-refractivity contribution in [2.45, 2.75) is 44.7 Å². The van der Waals surface area contributed by atoms with Crippen LogP contribution < -0.4 is 0 Å². The predicted molar refractivity (Wildman–Crippen MR) is 46.9 cm³/mol. The Kier molecular flexibility index (Phi) is 3.99. The van der Waals surface area contributed by atoms with Crippen molar-refractivity contribution in [3.63, 3.8) is 0 Å². The fraction of sp³-hybridized carbons (Fsp3) is 0.889. The summed E-state index contributed by atoms with van der Waals surface area (Å²) in [5, 5.41) is -0.818. The van der Waals surface area contributed by atoms with E-state index in [4.69, 9.17) is 11.6 Å². The van der Waals surface area contributed by atoms with Gasteiger partial charge >= 0.3 is 0 Å².